The van der Waals surface area contributed by atoms with Crippen LogP contribution in [0.15, 0.2) is 48.5 Å². The Morgan fingerprint density at radius 1 is 0.897 bits per heavy atom. The predicted molar refractivity (Wildman–Crippen MR) is 118 cm³/mol. The van der Waals surface area contributed by atoms with Crippen LogP contribution in [0.3, 0.4) is 0 Å². The van der Waals surface area contributed by atoms with E-state index >= 15 is 0 Å². The van der Waals surface area contributed by atoms with Crippen LogP contribution in [0.1, 0.15) is 61.4 Å². The molecule has 1 unspecified atom stereocenters. The minimum Gasteiger partial charge on any atom is -0.496 e. The van der Waals surface area contributed by atoms with Gasteiger partial charge in [0.15, 0.2) is 14.2 Å². The zero-order valence-corrected chi connectivity index (χ0v) is 18.5. The molecule has 5 heteroatoms. The average Bonchev–Trinajstić information content (AvgIpc) is 2.77. The lowest BCUT2D eigenvalue weighted by atomic mass is 9.85. The molecule has 2 rings (SSSR count). The number of ether oxygens (including phenoxy) is 2. The van der Waals surface area contributed by atoms with Gasteiger partial charge in [-0.1, -0.05) is 75.4 Å². The van der Waals surface area contributed by atoms with Gasteiger partial charge in [-0.25, -0.2) is 0 Å². The van der Waals surface area contributed by atoms with Gasteiger partial charge in [0.1, 0.15) is 22.2 Å². The summed E-state index contributed by atoms with van der Waals surface area (Å²) >= 11 is 0. The fourth-order valence-corrected chi connectivity index (χ4v) is 4.36. The van der Waals surface area contributed by atoms with Crippen molar-refractivity contribution in [2.24, 2.45) is 0 Å². The summed E-state index contributed by atoms with van der Waals surface area (Å²) in [5.74, 6) is 0.700. The summed E-state index contributed by atoms with van der Waals surface area (Å²) in [7, 11) is 2.89. The molecule has 29 heavy (non-hydrogen) atoms. The molecular formula is C24H31O4P. The highest BCUT2D eigenvalue weighted by atomic mass is 31.1. The van der Waals surface area contributed by atoms with Crippen molar-refractivity contribution in [1.29, 1.82) is 0 Å². The lowest BCUT2D eigenvalue weighted by molar-refractivity contribution is 0.0925. The van der Waals surface area contributed by atoms with Gasteiger partial charge in [-0.3, -0.25) is 9.36 Å². The van der Waals surface area contributed by atoms with E-state index in [1.54, 1.807) is 18.2 Å². The molecule has 0 aliphatic heterocycles. The molecule has 2 aromatic rings. The Kier molecular flexibility index (Phi) is 9.34. The van der Waals surface area contributed by atoms with Gasteiger partial charge in [0.25, 0.3) is 0 Å². The number of benzene rings is 2. The fraction of sp³-hybridized carbons (Fsp3) is 0.458. The summed E-state index contributed by atoms with van der Waals surface area (Å²) in [5.41, 5.74) is 1.36. The van der Waals surface area contributed by atoms with Crippen LogP contribution in [0.4, 0.5) is 0 Å². The van der Waals surface area contributed by atoms with Crippen LogP contribution >= 0.6 is 8.46 Å². The molecule has 0 heterocycles. The van der Waals surface area contributed by atoms with Crippen molar-refractivity contribution in [1.82, 2.24) is 0 Å². The second-order valence-electron chi connectivity index (χ2n) is 7.32. The number of hydrogen-bond acceptors (Lipinski definition) is 4. The fourth-order valence-electron chi connectivity index (χ4n) is 3.66. The van der Waals surface area contributed by atoms with Gasteiger partial charge < -0.3 is 9.47 Å². The molecule has 0 amide bonds. The normalized spacial score (nSPS) is 13.1. The number of ketones is 1. The molecule has 0 bridgehead atoms. The molecule has 0 saturated carbocycles. The van der Waals surface area contributed by atoms with Gasteiger partial charge in [0.05, 0.1) is 14.2 Å². The van der Waals surface area contributed by atoms with Crippen LogP contribution < -0.4 is 9.47 Å². The summed E-state index contributed by atoms with van der Waals surface area (Å²) in [6.07, 6.45) is 6.30. The molecule has 4 nitrogen and oxygen atoms in total. The van der Waals surface area contributed by atoms with E-state index in [0.717, 1.165) is 31.2 Å². The second kappa shape index (κ2) is 11.7. The Balaban J connectivity index is 2.42. The smallest absolute Gasteiger partial charge is 0.188 e. The van der Waals surface area contributed by atoms with Crippen LogP contribution in [0.5, 0.6) is 11.5 Å². The van der Waals surface area contributed by atoms with Crippen LogP contribution in [0.25, 0.3) is 0 Å². The highest BCUT2D eigenvalue weighted by molar-refractivity contribution is 7.28. The molecule has 0 aliphatic rings. The molecule has 0 radical (unpaired) electrons. The average molecular weight is 414 g/mol. The Hall–Kier alpha value is -2.19. The Morgan fingerprint density at radius 2 is 1.52 bits per heavy atom. The maximum absolute atomic E-state index is 13.8. The van der Waals surface area contributed by atoms with Crippen molar-refractivity contribution < 1.29 is 18.8 Å². The van der Waals surface area contributed by atoms with Gasteiger partial charge in [-0.2, -0.15) is 0 Å². The maximum Gasteiger partial charge on any atom is 0.188 e. The molecule has 0 spiro atoms. The summed E-state index contributed by atoms with van der Waals surface area (Å²) in [6.45, 7) is 2.17. The zero-order valence-electron chi connectivity index (χ0n) is 17.6. The van der Waals surface area contributed by atoms with E-state index in [9.17, 15) is 9.36 Å². The van der Waals surface area contributed by atoms with Crippen molar-refractivity contribution in [3.8, 4) is 11.5 Å². The standard InChI is InChI=1S/C24H31O4P/c1-4-5-6-7-11-17-24(29-26,18-19-13-9-8-10-14-19)23(25)22-20(27-2)15-12-16-21(22)28-3/h8-10,12-16H,4-7,11,17-18H2,1-3H3. The van der Waals surface area contributed by atoms with E-state index in [1.165, 1.54) is 20.6 Å². The van der Waals surface area contributed by atoms with Crippen LogP contribution in [0, 0.1) is 0 Å². The number of unbranched alkanes of at least 4 members (excludes halogenated alkanes) is 4. The molecule has 156 valence electrons. The lowest BCUT2D eigenvalue weighted by Crippen LogP contribution is -2.36. The maximum atomic E-state index is 13.8. The van der Waals surface area contributed by atoms with Crippen molar-refractivity contribution >= 4 is 14.2 Å². The minimum atomic E-state index is -1.05. The van der Waals surface area contributed by atoms with E-state index in [4.69, 9.17) is 9.47 Å². The lowest BCUT2D eigenvalue weighted by Gasteiger charge is -2.27. The van der Waals surface area contributed by atoms with Crippen molar-refractivity contribution in [2.45, 2.75) is 57.0 Å². The van der Waals surface area contributed by atoms with E-state index in [1.807, 2.05) is 30.3 Å². The van der Waals surface area contributed by atoms with E-state index < -0.39 is 5.16 Å². The molecule has 0 aromatic heterocycles. The van der Waals surface area contributed by atoms with Gasteiger partial charge in [-0.05, 0) is 30.5 Å². The molecule has 0 aliphatic carbocycles. The number of carbonyl (C=O) groups is 1. The van der Waals surface area contributed by atoms with Crippen molar-refractivity contribution in [2.75, 3.05) is 14.2 Å². The van der Waals surface area contributed by atoms with Gasteiger partial charge in [0, 0.05) is 0 Å². The Bertz CT molecular complexity index is 768. The Morgan fingerprint density at radius 3 is 2.07 bits per heavy atom. The Labute approximate surface area is 175 Å². The second-order valence-corrected chi connectivity index (χ2v) is 8.35. The molecule has 1 atom stereocenters. The number of hydrogen-bond donors (Lipinski definition) is 0. The predicted octanol–water partition coefficient (Wildman–Crippen LogP) is 6.52. The van der Waals surface area contributed by atoms with Gasteiger partial charge in [-0.15, -0.1) is 0 Å². The highest BCUT2D eigenvalue weighted by Gasteiger charge is 2.42. The zero-order chi connectivity index (χ0) is 21.1. The van der Waals surface area contributed by atoms with Crippen molar-refractivity contribution in [3.05, 3.63) is 59.7 Å². The number of carbonyl (C=O) groups excluding carboxylic acids is 1. The first-order valence-corrected chi connectivity index (χ1v) is 11.1. The summed E-state index contributed by atoms with van der Waals surface area (Å²) in [6, 6.07) is 15.0. The van der Waals surface area contributed by atoms with E-state index in [-0.39, 0.29) is 14.2 Å². The molecule has 0 fully saturated rings. The van der Waals surface area contributed by atoms with E-state index in [2.05, 4.69) is 6.92 Å². The van der Waals surface area contributed by atoms with Gasteiger partial charge in [0.2, 0.25) is 0 Å². The number of methoxy groups -OCH3 is 2. The number of Topliss-reactive ketones (excluding diaryl/α,β-unsaturated/α-hetero) is 1. The van der Waals surface area contributed by atoms with E-state index in [0.29, 0.717) is 29.9 Å². The largest absolute Gasteiger partial charge is 0.496 e. The quantitative estimate of drug-likeness (QED) is 0.213. The first-order valence-electron chi connectivity index (χ1n) is 10.3. The molecule has 0 N–H and O–H groups in total. The number of rotatable bonds is 13. The summed E-state index contributed by atoms with van der Waals surface area (Å²) in [4.78, 5) is 13.8. The minimum absolute atomic E-state index is 0.173. The van der Waals surface area contributed by atoms with Crippen molar-refractivity contribution in [3.63, 3.8) is 0 Å². The molecule has 2 aromatic carbocycles. The van der Waals surface area contributed by atoms with Crippen LogP contribution in [-0.2, 0) is 11.0 Å². The van der Waals surface area contributed by atoms with Crippen LogP contribution in [0.2, 0.25) is 0 Å². The summed E-state index contributed by atoms with van der Waals surface area (Å²) < 4.78 is 23.5. The summed E-state index contributed by atoms with van der Waals surface area (Å²) in [5, 5.41) is -1.05. The third-order valence-electron chi connectivity index (χ3n) is 5.29. The SMILES string of the molecule is CCCCCCCC(Cc1ccccc1)(P=O)C(=O)c1c(OC)cccc1OC. The third kappa shape index (κ3) is 5.90. The van der Waals surface area contributed by atoms with Gasteiger partial charge >= 0.3 is 0 Å². The topological polar surface area (TPSA) is 52.6 Å². The third-order valence-corrected chi connectivity index (χ3v) is 6.22. The highest BCUT2D eigenvalue weighted by Crippen LogP contribution is 2.41. The molecule has 0 saturated heterocycles. The first-order chi connectivity index (χ1) is 14.1. The molecular weight excluding hydrogens is 383 g/mol. The first kappa shape index (κ1) is 23.1. The van der Waals surface area contributed by atoms with Crippen LogP contribution in [-0.4, -0.2) is 25.2 Å². The monoisotopic (exact) mass is 414 g/mol.